The van der Waals surface area contributed by atoms with Crippen molar-refractivity contribution >= 4 is 43.3 Å². The van der Waals surface area contributed by atoms with Crippen molar-refractivity contribution in [1.82, 2.24) is 4.72 Å². The quantitative estimate of drug-likeness (QED) is 0.704. The molecule has 21 heavy (non-hydrogen) atoms. The van der Waals surface area contributed by atoms with Gasteiger partial charge < -0.3 is 5.11 Å². The molecule has 120 valence electrons. The average molecular weight is 398 g/mol. The minimum absolute atomic E-state index is 0.0339. The first kappa shape index (κ1) is 18.6. The van der Waals surface area contributed by atoms with Gasteiger partial charge in [-0.15, -0.1) is 11.3 Å². The molecule has 8 heteroatoms. The molecule has 1 heterocycles. The summed E-state index contributed by atoms with van der Waals surface area (Å²) in [7, 11) is -3.58. The number of aryl methyl sites for hydroxylation is 1. The van der Waals surface area contributed by atoms with Gasteiger partial charge in [-0.1, -0.05) is 13.8 Å². The predicted octanol–water partition coefficient (Wildman–Crippen LogP) is 3.23. The highest BCUT2D eigenvalue weighted by Crippen LogP contribution is 2.30. The van der Waals surface area contributed by atoms with E-state index in [-0.39, 0.29) is 23.1 Å². The number of sulfonamides is 1. The summed E-state index contributed by atoms with van der Waals surface area (Å²) in [5.41, 5.74) is 0.865. The topological polar surface area (TPSA) is 83.5 Å². The van der Waals surface area contributed by atoms with Gasteiger partial charge in [-0.25, -0.2) is 13.1 Å². The van der Waals surface area contributed by atoms with Gasteiger partial charge in [0, 0.05) is 13.0 Å². The molecule has 1 rings (SSSR count). The maximum atomic E-state index is 12.2. The van der Waals surface area contributed by atoms with Crippen LogP contribution in [-0.2, 0) is 14.8 Å². The SMILES string of the molecule is Cc1cc(S(=O)(=O)NC[C@H](CC(=O)O)CC(C)C)sc1Br. The number of aliphatic carboxylic acids is 1. The second-order valence-corrected chi connectivity index (χ2v) is 9.83. The highest BCUT2D eigenvalue weighted by atomic mass is 79.9. The summed E-state index contributed by atoms with van der Waals surface area (Å²) in [6.07, 6.45) is 0.635. The minimum Gasteiger partial charge on any atom is -0.481 e. The Morgan fingerprint density at radius 3 is 2.52 bits per heavy atom. The standard InChI is InChI=1S/C13H20BrNO4S2/c1-8(2)4-10(6-11(16)17)7-15-21(18,19)12-5-9(3)13(14)20-12/h5,8,10,15H,4,6-7H2,1-3H3,(H,16,17)/t10-/m0/s1. The van der Waals surface area contributed by atoms with Crippen LogP contribution in [0, 0.1) is 18.8 Å². The van der Waals surface area contributed by atoms with Crippen LogP contribution in [0.4, 0.5) is 0 Å². The van der Waals surface area contributed by atoms with E-state index >= 15 is 0 Å². The van der Waals surface area contributed by atoms with E-state index in [9.17, 15) is 13.2 Å². The number of thiophene rings is 1. The Hall–Kier alpha value is -0.440. The van der Waals surface area contributed by atoms with Crippen LogP contribution in [-0.4, -0.2) is 26.0 Å². The van der Waals surface area contributed by atoms with E-state index < -0.39 is 16.0 Å². The van der Waals surface area contributed by atoms with Gasteiger partial charge in [0.1, 0.15) is 4.21 Å². The molecule has 0 aliphatic rings. The summed E-state index contributed by atoms with van der Waals surface area (Å²) in [5, 5.41) is 8.90. The highest BCUT2D eigenvalue weighted by molar-refractivity contribution is 9.11. The lowest BCUT2D eigenvalue weighted by Crippen LogP contribution is -2.30. The molecule has 1 atom stereocenters. The van der Waals surface area contributed by atoms with Crippen molar-refractivity contribution in [3.63, 3.8) is 0 Å². The molecule has 0 aliphatic carbocycles. The number of nitrogens with one attached hydrogen (secondary N) is 1. The number of hydrogen-bond donors (Lipinski definition) is 2. The van der Waals surface area contributed by atoms with E-state index in [0.717, 1.165) is 20.7 Å². The van der Waals surface area contributed by atoms with Crippen LogP contribution >= 0.6 is 27.3 Å². The first-order chi connectivity index (χ1) is 9.61. The smallest absolute Gasteiger partial charge is 0.303 e. The third-order valence-corrected chi connectivity index (χ3v) is 6.96. The maximum Gasteiger partial charge on any atom is 0.303 e. The number of carboxylic acids is 1. The van der Waals surface area contributed by atoms with Gasteiger partial charge in [0.15, 0.2) is 0 Å². The second kappa shape index (κ2) is 7.71. The van der Waals surface area contributed by atoms with E-state index in [1.165, 1.54) is 0 Å². The first-order valence-electron chi connectivity index (χ1n) is 6.59. The van der Waals surface area contributed by atoms with Crippen molar-refractivity contribution in [1.29, 1.82) is 0 Å². The zero-order valence-corrected chi connectivity index (χ0v) is 15.4. The van der Waals surface area contributed by atoms with Crippen LogP contribution in [0.3, 0.4) is 0 Å². The molecule has 1 aromatic rings. The summed E-state index contributed by atoms with van der Waals surface area (Å²) < 4.78 is 28.0. The van der Waals surface area contributed by atoms with Crippen LogP contribution in [0.1, 0.15) is 32.3 Å². The molecule has 0 radical (unpaired) electrons. The van der Waals surface area contributed by atoms with Crippen molar-refractivity contribution in [2.45, 2.75) is 37.8 Å². The monoisotopic (exact) mass is 397 g/mol. The normalized spacial score (nSPS) is 13.6. The van der Waals surface area contributed by atoms with E-state index in [2.05, 4.69) is 20.7 Å². The summed E-state index contributed by atoms with van der Waals surface area (Å²) in [6, 6.07) is 1.60. The Kier molecular flexibility index (Phi) is 6.83. The summed E-state index contributed by atoms with van der Waals surface area (Å²) >= 11 is 4.45. The minimum atomic E-state index is -3.58. The molecule has 0 unspecified atom stereocenters. The van der Waals surface area contributed by atoms with Crippen LogP contribution in [0.15, 0.2) is 14.1 Å². The first-order valence-corrected chi connectivity index (χ1v) is 9.68. The van der Waals surface area contributed by atoms with Gasteiger partial charge in [0.25, 0.3) is 0 Å². The van der Waals surface area contributed by atoms with Crippen LogP contribution < -0.4 is 4.72 Å². The Morgan fingerprint density at radius 2 is 2.10 bits per heavy atom. The van der Waals surface area contributed by atoms with E-state index in [1.54, 1.807) is 6.07 Å². The number of hydrogen-bond acceptors (Lipinski definition) is 4. The fourth-order valence-corrected chi connectivity index (χ4v) is 5.40. The number of carboxylic acid groups (broad SMARTS) is 1. The lowest BCUT2D eigenvalue weighted by atomic mass is 9.94. The lowest BCUT2D eigenvalue weighted by Gasteiger charge is -2.17. The Labute approximate surface area is 137 Å². The Morgan fingerprint density at radius 1 is 1.48 bits per heavy atom. The van der Waals surface area contributed by atoms with E-state index in [0.29, 0.717) is 12.3 Å². The zero-order valence-electron chi connectivity index (χ0n) is 12.2. The lowest BCUT2D eigenvalue weighted by molar-refractivity contribution is -0.138. The fourth-order valence-electron chi connectivity index (χ4n) is 2.02. The molecule has 0 fully saturated rings. The van der Waals surface area contributed by atoms with E-state index in [4.69, 9.17) is 5.11 Å². The Bertz CT molecular complexity index is 576. The molecule has 2 N–H and O–H groups in total. The molecule has 0 amide bonds. The molecular weight excluding hydrogens is 378 g/mol. The van der Waals surface area contributed by atoms with Gasteiger partial charge in [-0.3, -0.25) is 4.79 Å². The molecular formula is C13H20BrNO4S2. The molecule has 0 aromatic carbocycles. The largest absolute Gasteiger partial charge is 0.481 e. The van der Waals surface area contributed by atoms with Crippen LogP contribution in [0.25, 0.3) is 0 Å². The molecule has 0 saturated carbocycles. The van der Waals surface area contributed by atoms with E-state index in [1.807, 2.05) is 20.8 Å². The van der Waals surface area contributed by atoms with Crippen LogP contribution in [0.5, 0.6) is 0 Å². The van der Waals surface area contributed by atoms with Gasteiger partial charge in [0.2, 0.25) is 10.0 Å². The van der Waals surface area contributed by atoms with Crippen molar-refractivity contribution in [2.75, 3.05) is 6.54 Å². The number of carbonyl (C=O) groups is 1. The number of rotatable bonds is 8. The van der Waals surface area contributed by atoms with Gasteiger partial charge in [-0.2, -0.15) is 0 Å². The fraction of sp³-hybridized carbons (Fsp3) is 0.615. The predicted molar refractivity (Wildman–Crippen MR) is 87.1 cm³/mol. The zero-order chi connectivity index (χ0) is 16.2. The number of halogens is 1. The summed E-state index contributed by atoms with van der Waals surface area (Å²) in [5.74, 6) is -0.798. The van der Waals surface area contributed by atoms with Gasteiger partial charge in [-0.05, 0) is 52.7 Å². The second-order valence-electron chi connectivity index (χ2n) is 5.47. The maximum absolute atomic E-state index is 12.2. The average Bonchev–Trinajstić information content (AvgIpc) is 2.66. The third kappa shape index (κ3) is 6.06. The molecule has 0 spiro atoms. The highest BCUT2D eigenvalue weighted by Gasteiger charge is 2.22. The van der Waals surface area contributed by atoms with Crippen molar-refractivity contribution in [2.24, 2.45) is 11.8 Å². The van der Waals surface area contributed by atoms with Gasteiger partial charge in [0.05, 0.1) is 3.79 Å². The van der Waals surface area contributed by atoms with Crippen LogP contribution in [0.2, 0.25) is 0 Å². The van der Waals surface area contributed by atoms with Crippen molar-refractivity contribution in [3.8, 4) is 0 Å². The molecule has 0 bridgehead atoms. The van der Waals surface area contributed by atoms with Crippen molar-refractivity contribution in [3.05, 3.63) is 15.4 Å². The molecule has 0 aliphatic heterocycles. The van der Waals surface area contributed by atoms with Gasteiger partial charge >= 0.3 is 5.97 Å². The third-order valence-electron chi connectivity index (χ3n) is 2.93. The molecule has 1 aromatic heterocycles. The van der Waals surface area contributed by atoms with Crippen molar-refractivity contribution < 1.29 is 18.3 Å². The molecule has 5 nitrogen and oxygen atoms in total. The summed E-state index contributed by atoms with van der Waals surface area (Å²) in [4.78, 5) is 10.9. The molecule has 0 saturated heterocycles. The Balaban J connectivity index is 2.75. The summed E-state index contributed by atoms with van der Waals surface area (Å²) in [6.45, 7) is 5.94.